The van der Waals surface area contributed by atoms with Crippen molar-refractivity contribution in [3.05, 3.63) is 70.9 Å². The maximum Gasteiger partial charge on any atom is 0.420 e. The molecule has 6 nitrogen and oxygen atoms in total. The van der Waals surface area contributed by atoms with Crippen molar-refractivity contribution in [3.63, 3.8) is 0 Å². The maximum atomic E-state index is 14.3. The van der Waals surface area contributed by atoms with Crippen LogP contribution < -0.4 is 9.64 Å². The predicted octanol–water partition coefficient (Wildman–Crippen LogP) is 7.35. The van der Waals surface area contributed by atoms with Gasteiger partial charge in [-0.15, -0.1) is 0 Å². The maximum absolute atomic E-state index is 14.3. The van der Waals surface area contributed by atoms with Crippen LogP contribution in [0.2, 0.25) is 0 Å². The third-order valence-corrected chi connectivity index (χ3v) is 7.50. The van der Waals surface area contributed by atoms with Gasteiger partial charge in [0.1, 0.15) is 17.1 Å². The number of pyridine rings is 2. The lowest BCUT2D eigenvalue weighted by Gasteiger charge is -2.40. The van der Waals surface area contributed by atoms with Crippen LogP contribution in [0.15, 0.2) is 42.7 Å². The third kappa shape index (κ3) is 7.77. The lowest BCUT2D eigenvalue weighted by atomic mass is 9.82. The first-order valence-corrected chi connectivity index (χ1v) is 14.1. The zero-order chi connectivity index (χ0) is 30.7. The first-order valence-electron chi connectivity index (χ1n) is 14.1. The number of aryl methyl sites for hydroxylation is 1. The third-order valence-electron chi connectivity index (χ3n) is 7.50. The molecule has 0 aliphatic carbocycles. The molecule has 1 aromatic carbocycles. The van der Waals surface area contributed by atoms with Gasteiger partial charge in [0.2, 0.25) is 0 Å². The van der Waals surface area contributed by atoms with E-state index in [0.29, 0.717) is 42.0 Å². The van der Waals surface area contributed by atoms with Crippen molar-refractivity contribution in [1.29, 1.82) is 0 Å². The van der Waals surface area contributed by atoms with Gasteiger partial charge >= 0.3 is 12.1 Å². The van der Waals surface area contributed by atoms with Gasteiger partial charge in [-0.2, -0.15) is 13.2 Å². The fourth-order valence-electron chi connectivity index (χ4n) is 5.04. The second-order valence-corrected chi connectivity index (χ2v) is 11.7. The van der Waals surface area contributed by atoms with Crippen molar-refractivity contribution in [2.45, 2.75) is 72.6 Å². The minimum Gasteiger partial charge on any atom is -0.491 e. The fourth-order valence-corrected chi connectivity index (χ4v) is 5.04. The molecule has 0 spiro atoms. The summed E-state index contributed by atoms with van der Waals surface area (Å²) in [6, 6.07) is 6.69. The van der Waals surface area contributed by atoms with Crippen molar-refractivity contribution >= 4 is 11.7 Å². The fraction of sp³-hybridized carbons (Fsp3) is 0.469. The minimum atomic E-state index is -4.71. The van der Waals surface area contributed by atoms with Crippen molar-refractivity contribution < 1.29 is 31.8 Å². The summed E-state index contributed by atoms with van der Waals surface area (Å²) in [5, 5.41) is 0. The molecule has 0 bridgehead atoms. The van der Waals surface area contributed by atoms with Crippen molar-refractivity contribution in [2.24, 2.45) is 5.41 Å². The zero-order valence-corrected chi connectivity index (χ0v) is 24.6. The Morgan fingerprint density at radius 3 is 2.36 bits per heavy atom. The number of alkyl halides is 3. The molecule has 0 saturated carbocycles. The standard InChI is InChI=1S/C32H37F4N3O3/c1-20(2)42-29(40)16-24-21(3)37-18-25(30(24)39-13-11-31(4,5)12-14-39)27-17-26(32(34,35)36)28(19-38-27)41-15-10-22-6-8-23(33)9-7-22/h6-9,17-20H,10-16H2,1-5H3. The van der Waals surface area contributed by atoms with Crippen molar-refractivity contribution in [3.8, 4) is 17.0 Å². The second-order valence-electron chi connectivity index (χ2n) is 11.7. The van der Waals surface area contributed by atoms with E-state index in [0.717, 1.165) is 30.7 Å². The summed E-state index contributed by atoms with van der Waals surface area (Å²) in [6.07, 6.45) is -0.404. The molecule has 10 heteroatoms. The van der Waals surface area contributed by atoms with Crippen molar-refractivity contribution in [2.75, 3.05) is 24.6 Å². The Kier molecular flexibility index (Phi) is 9.43. The van der Waals surface area contributed by atoms with Gasteiger partial charge in [-0.3, -0.25) is 14.8 Å². The number of ether oxygens (including phenoxy) is 2. The molecule has 1 aliphatic heterocycles. The number of benzene rings is 1. The molecule has 42 heavy (non-hydrogen) atoms. The molecule has 1 saturated heterocycles. The summed E-state index contributed by atoms with van der Waals surface area (Å²) in [7, 11) is 0. The molecular weight excluding hydrogens is 550 g/mol. The lowest BCUT2D eigenvalue weighted by molar-refractivity contribution is -0.146. The van der Waals surface area contributed by atoms with E-state index in [2.05, 4.69) is 28.7 Å². The number of anilines is 1. The van der Waals surface area contributed by atoms with E-state index < -0.39 is 29.3 Å². The molecule has 2 aromatic heterocycles. The monoisotopic (exact) mass is 587 g/mol. The SMILES string of the molecule is Cc1ncc(-c2cc(C(F)(F)F)c(OCCc3ccc(F)cc3)cn2)c(N2CCC(C)(C)CC2)c1CC(=O)OC(C)C. The Bertz CT molecular complexity index is 1400. The predicted molar refractivity (Wildman–Crippen MR) is 153 cm³/mol. The number of piperidine rings is 1. The molecule has 4 rings (SSSR count). The number of halogens is 4. The largest absolute Gasteiger partial charge is 0.491 e. The highest BCUT2D eigenvalue weighted by molar-refractivity contribution is 5.84. The number of carbonyl (C=O) groups excluding carboxylic acids is 1. The summed E-state index contributed by atoms with van der Waals surface area (Å²) < 4.78 is 66.9. The van der Waals surface area contributed by atoms with Gasteiger partial charge in [-0.05, 0) is 62.8 Å². The van der Waals surface area contributed by atoms with E-state index in [-0.39, 0.29) is 30.2 Å². The number of nitrogens with zero attached hydrogens (tertiary/aromatic N) is 3. The summed E-state index contributed by atoms with van der Waals surface area (Å²) in [6.45, 7) is 11.0. The Balaban J connectivity index is 1.72. The molecule has 0 radical (unpaired) electrons. The summed E-state index contributed by atoms with van der Waals surface area (Å²) in [4.78, 5) is 23.7. The molecule has 0 N–H and O–H groups in total. The second kappa shape index (κ2) is 12.7. The van der Waals surface area contributed by atoms with Crippen molar-refractivity contribution in [1.82, 2.24) is 9.97 Å². The number of hydrogen-bond donors (Lipinski definition) is 0. The first kappa shape index (κ1) is 31.3. The highest BCUT2D eigenvalue weighted by Gasteiger charge is 2.36. The normalized spacial score (nSPS) is 15.1. The van der Waals surface area contributed by atoms with Gasteiger partial charge in [0.25, 0.3) is 0 Å². The minimum absolute atomic E-state index is 0.0429. The number of rotatable bonds is 9. The Hall–Kier alpha value is -3.69. The molecule has 1 fully saturated rings. The van der Waals surface area contributed by atoms with Gasteiger partial charge < -0.3 is 14.4 Å². The van der Waals surface area contributed by atoms with Gasteiger partial charge in [0, 0.05) is 42.5 Å². The summed E-state index contributed by atoms with van der Waals surface area (Å²) in [5.41, 5.74) is 2.28. The highest BCUT2D eigenvalue weighted by Crippen LogP contribution is 2.42. The Morgan fingerprint density at radius 2 is 1.74 bits per heavy atom. The smallest absolute Gasteiger partial charge is 0.420 e. The molecule has 0 amide bonds. The topological polar surface area (TPSA) is 64.6 Å². The van der Waals surface area contributed by atoms with E-state index in [9.17, 15) is 22.4 Å². The molecule has 226 valence electrons. The van der Waals surface area contributed by atoms with Crippen LogP contribution in [0.1, 0.15) is 62.9 Å². The summed E-state index contributed by atoms with van der Waals surface area (Å²) >= 11 is 0. The van der Waals surface area contributed by atoms with E-state index in [1.165, 1.54) is 18.3 Å². The van der Waals surface area contributed by atoms with Crippen LogP contribution in [-0.2, 0) is 28.5 Å². The van der Waals surface area contributed by atoms with Crippen LogP contribution in [-0.4, -0.2) is 41.7 Å². The van der Waals surface area contributed by atoms with E-state index in [1.54, 1.807) is 32.9 Å². The van der Waals surface area contributed by atoms with Gasteiger partial charge in [-0.1, -0.05) is 26.0 Å². The molecule has 0 unspecified atom stereocenters. The molecular formula is C32H37F4N3O3. The number of carbonyl (C=O) groups is 1. The van der Waals surface area contributed by atoms with Gasteiger partial charge in [0.15, 0.2) is 0 Å². The molecule has 3 heterocycles. The Morgan fingerprint density at radius 1 is 1.07 bits per heavy atom. The van der Waals surface area contributed by atoms with Crippen LogP contribution in [0.3, 0.4) is 0 Å². The number of aromatic nitrogens is 2. The summed E-state index contributed by atoms with van der Waals surface area (Å²) in [5.74, 6) is -1.22. The molecule has 3 aromatic rings. The van der Waals surface area contributed by atoms with E-state index in [1.807, 2.05) is 0 Å². The van der Waals surface area contributed by atoms with Crippen LogP contribution in [0.4, 0.5) is 23.2 Å². The average molecular weight is 588 g/mol. The van der Waals surface area contributed by atoms with Crippen LogP contribution in [0, 0.1) is 18.2 Å². The van der Waals surface area contributed by atoms with E-state index in [4.69, 9.17) is 9.47 Å². The first-order chi connectivity index (χ1) is 19.7. The van der Waals surface area contributed by atoms with Crippen LogP contribution in [0.25, 0.3) is 11.3 Å². The Labute approximate surface area is 244 Å². The lowest BCUT2D eigenvalue weighted by Crippen LogP contribution is -2.38. The molecule has 0 atom stereocenters. The van der Waals surface area contributed by atoms with E-state index >= 15 is 0 Å². The molecule has 1 aliphatic rings. The van der Waals surface area contributed by atoms with Gasteiger partial charge in [0.05, 0.1) is 36.7 Å². The highest BCUT2D eigenvalue weighted by atomic mass is 19.4. The number of esters is 1. The number of hydrogen-bond acceptors (Lipinski definition) is 6. The zero-order valence-electron chi connectivity index (χ0n) is 24.6. The average Bonchev–Trinajstić information content (AvgIpc) is 2.90. The van der Waals surface area contributed by atoms with Crippen LogP contribution in [0.5, 0.6) is 5.75 Å². The quantitative estimate of drug-likeness (QED) is 0.193. The van der Waals surface area contributed by atoms with Crippen LogP contribution >= 0.6 is 0 Å². The van der Waals surface area contributed by atoms with Gasteiger partial charge in [-0.25, -0.2) is 4.39 Å².